The Hall–Kier alpha value is 0.0400. The molecule has 1 N–H and O–H groups in total. The van der Waals surface area contributed by atoms with Gasteiger partial charge in [-0.2, -0.15) is 0 Å². The van der Waals surface area contributed by atoms with Gasteiger partial charge in [0, 0.05) is 35.1 Å². The second-order valence-corrected chi connectivity index (χ2v) is 9.17. The Labute approximate surface area is 160 Å². The highest BCUT2D eigenvalue weighted by molar-refractivity contribution is 6.24. The highest BCUT2D eigenvalue weighted by atomic mass is 35.5. The van der Waals surface area contributed by atoms with Crippen LogP contribution in [-0.4, -0.2) is 46.6 Å². The lowest BCUT2D eigenvalue weighted by Crippen LogP contribution is -2.34. The van der Waals surface area contributed by atoms with Crippen molar-refractivity contribution in [1.82, 2.24) is 10.2 Å². The maximum Gasteiger partial charge on any atom is 0.181 e. The molecule has 3 atom stereocenters. The highest BCUT2D eigenvalue weighted by Crippen LogP contribution is 2.35. The number of halogens is 3. The molecule has 1 aliphatic heterocycles. The molecule has 136 valence electrons. The van der Waals surface area contributed by atoms with Crippen LogP contribution in [0.25, 0.3) is 0 Å². The third-order valence-corrected chi connectivity index (χ3v) is 6.95. The lowest BCUT2D eigenvalue weighted by atomic mass is 9.82. The number of rotatable bonds is 4. The highest BCUT2D eigenvalue weighted by Gasteiger charge is 2.33. The van der Waals surface area contributed by atoms with E-state index in [0.29, 0.717) is 5.78 Å². The topological polar surface area (TPSA) is 32.3 Å². The Morgan fingerprint density at radius 1 is 1.00 bits per heavy atom. The van der Waals surface area contributed by atoms with E-state index in [1.165, 1.54) is 0 Å². The van der Waals surface area contributed by atoms with E-state index in [4.69, 9.17) is 34.8 Å². The van der Waals surface area contributed by atoms with Crippen molar-refractivity contribution in [3.8, 4) is 0 Å². The summed E-state index contributed by atoms with van der Waals surface area (Å²) in [7, 11) is 0. The van der Waals surface area contributed by atoms with Gasteiger partial charge in [-0.1, -0.05) is 6.08 Å². The lowest BCUT2D eigenvalue weighted by Gasteiger charge is -2.32. The molecule has 0 bridgehead atoms. The van der Waals surface area contributed by atoms with Crippen LogP contribution in [0, 0.1) is 11.8 Å². The van der Waals surface area contributed by atoms with Gasteiger partial charge in [0.1, 0.15) is 0 Å². The zero-order valence-electron chi connectivity index (χ0n) is 14.0. The van der Waals surface area contributed by atoms with Crippen molar-refractivity contribution in [2.75, 3.05) is 19.8 Å². The molecule has 0 amide bonds. The molecule has 2 aliphatic carbocycles. The SMILES string of the molecule is O=C(/C(=C/C1CCC(Cl)CC1Cl)N1CCNC1)C1CCC(Cl)CC1. The summed E-state index contributed by atoms with van der Waals surface area (Å²) in [6.07, 6.45) is 8.62. The van der Waals surface area contributed by atoms with Gasteiger partial charge in [0.05, 0.1) is 12.4 Å². The van der Waals surface area contributed by atoms with Crippen LogP contribution in [0.1, 0.15) is 44.9 Å². The van der Waals surface area contributed by atoms with Gasteiger partial charge in [-0.3, -0.25) is 10.1 Å². The van der Waals surface area contributed by atoms with Gasteiger partial charge in [-0.05, 0) is 50.9 Å². The van der Waals surface area contributed by atoms with Gasteiger partial charge in [0.2, 0.25) is 0 Å². The number of nitrogens with one attached hydrogen (secondary N) is 1. The first-order valence-corrected chi connectivity index (χ1v) is 10.5. The van der Waals surface area contributed by atoms with Crippen LogP contribution in [0.2, 0.25) is 0 Å². The maximum atomic E-state index is 13.2. The number of carbonyl (C=O) groups excluding carboxylic acids is 1. The van der Waals surface area contributed by atoms with Crippen molar-refractivity contribution >= 4 is 40.6 Å². The molecular weight excluding hydrogens is 367 g/mol. The minimum atomic E-state index is 0.0261. The molecule has 0 radical (unpaired) electrons. The van der Waals surface area contributed by atoms with Crippen LogP contribution in [-0.2, 0) is 4.79 Å². The summed E-state index contributed by atoms with van der Waals surface area (Å²) in [5.41, 5.74) is 0.877. The zero-order chi connectivity index (χ0) is 17.1. The van der Waals surface area contributed by atoms with Crippen LogP contribution in [0.5, 0.6) is 0 Å². The fraction of sp³-hybridized carbons (Fsp3) is 0.833. The number of hydrogen-bond donors (Lipinski definition) is 1. The standard InChI is InChI=1S/C18H27Cl3N2O/c19-14-4-1-12(2-5-14)18(24)17(23-8-7-22-11-23)9-13-3-6-15(20)10-16(13)21/h9,12-16,22H,1-8,10-11H2/b17-9-. The molecule has 0 aromatic heterocycles. The van der Waals surface area contributed by atoms with Gasteiger partial charge < -0.3 is 4.90 Å². The van der Waals surface area contributed by atoms with Gasteiger partial charge in [-0.25, -0.2) is 0 Å². The summed E-state index contributed by atoms with van der Waals surface area (Å²) in [4.78, 5) is 15.4. The molecule has 0 aromatic rings. The second-order valence-electron chi connectivity index (χ2n) is 7.38. The first-order chi connectivity index (χ1) is 11.5. The first kappa shape index (κ1) is 18.8. The Bertz CT molecular complexity index is 471. The van der Waals surface area contributed by atoms with Crippen LogP contribution in [0.15, 0.2) is 11.8 Å². The average molecular weight is 394 g/mol. The van der Waals surface area contributed by atoms with Crippen LogP contribution >= 0.6 is 34.8 Å². The minimum Gasteiger partial charge on any atom is -0.355 e. The molecular formula is C18H27Cl3N2O. The Morgan fingerprint density at radius 3 is 2.33 bits per heavy atom. The van der Waals surface area contributed by atoms with Crippen molar-refractivity contribution in [2.45, 2.75) is 61.1 Å². The zero-order valence-corrected chi connectivity index (χ0v) is 16.3. The molecule has 3 unspecified atom stereocenters. The molecule has 0 spiro atoms. The number of nitrogens with zero attached hydrogens (tertiary/aromatic N) is 1. The number of allylic oxidation sites excluding steroid dienone is 2. The van der Waals surface area contributed by atoms with E-state index in [2.05, 4.69) is 16.3 Å². The summed E-state index contributed by atoms with van der Waals surface area (Å²) in [5.74, 6) is 0.648. The molecule has 3 fully saturated rings. The molecule has 3 rings (SSSR count). The summed E-state index contributed by atoms with van der Waals surface area (Å²) in [5, 5.41) is 3.76. The normalized spacial score (nSPS) is 38.4. The maximum absolute atomic E-state index is 13.2. The van der Waals surface area contributed by atoms with E-state index in [1.54, 1.807) is 0 Å². The molecule has 24 heavy (non-hydrogen) atoms. The Balaban J connectivity index is 1.75. The number of alkyl halides is 3. The summed E-state index contributed by atoms with van der Waals surface area (Å²) < 4.78 is 0. The van der Waals surface area contributed by atoms with Gasteiger partial charge >= 0.3 is 0 Å². The molecule has 1 heterocycles. The van der Waals surface area contributed by atoms with Crippen molar-refractivity contribution in [3.05, 3.63) is 11.8 Å². The van der Waals surface area contributed by atoms with Crippen LogP contribution in [0.3, 0.4) is 0 Å². The average Bonchev–Trinajstić information content (AvgIpc) is 3.08. The van der Waals surface area contributed by atoms with E-state index in [-0.39, 0.29) is 28.0 Å². The summed E-state index contributed by atoms with van der Waals surface area (Å²) in [6.45, 7) is 2.57. The van der Waals surface area contributed by atoms with E-state index in [1.807, 2.05) is 0 Å². The first-order valence-electron chi connectivity index (χ1n) is 9.18. The van der Waals surface area contributed by atoms with Gasteiger partial charge in [-0.15, -0.1) is 34.8 Å². The number of hydrogen-bond acceptors (Lipinski definition) is 3. The van der Waals surface area contributed by atoms with Crippen molar-refractivity contribution < 1.29 is 4.79 Å². The minimum absolute atomic E-state index is 0.0261. The van der Waals surface area contributed by atoms with E-state index >= 15 is 0 Å². The number of ketones is 1. The predicted molar refractivity (Wildman–Crippen MR) is 101 cm³/mol. The fourth-order valence-corrected chi connectivity index (χ4v) is 5.14. The third-order valence-electron chi connectivity index (χ3n) is 5.61. The summed E-state index contributed by atoms with van der Waals surface area (Å²) >= 11 is 19.0. The van der Waals surface area contributed by atoms with Crippen molar-refractivity contribution in [1.29, 1.82) is 0 Å². The van der Waals surface area contributed by atoms with Gasteiger partial charge in [0.15, 0.2) is 5.78 Å². The lowest BCUT2D eigenvalue weighted by molar-refractivity contribution is -0.121. The van der Waals surface area contributed by atoms with Crippen molar-refractivity contribution in [2.24, 2.45) is 11.8 Å². The van der Waals surface area contributed by atoms with Crippen LogP contribution < -0.4 is 5.32 Å². The van der Waals surface area contributed by atoms with E-state index in [9.17, 15) is 4.79 Å². The predicted octanol–water partition coefficient (Wildman–Crippen LogP) is 4.11. The number of Topliss-reactive ketones (excluding diaryl/α,β-unsaturated/α-hetero) is 1. The van der Waals surface area contributed by atoms with E-state index in [0.717, 1.165) is 70.4 Å². The second kappa shape index (κ2) is 8.62. The Morgan fingerprint density at radius 2 is 1.71 bits per heavy atom. The van der Waals surface area contributed by atoms with Crippen LogP contribution in [0.4, 0.5) is 0 Å². The molecule has 1 saturated heterocycles. The molecule has 2 saturated carbocycles. The Kier molecular flexibility index (Phi) is 6.76. The monoisotopic (exact) mass is 392 g/mol. The molecule has 0 aromatic carbocycles. The van der Waals surface area contributed by atoms with Gasteiger partial charge in [0.25, 0.3) is 0 Å². The third kappa shape index (κ3) is 4.60. The largest absolute Gasteiger partial charge is 0.355 e. The quantitative estimate of drug-likeness (QED) is 0.576. The van der Waals surface area contributed by atoms with Crippen molar-refractivity contribution in [3.63, 3.8) is 0 Å². The molecule has 3 nitrogen and oxygen atoms in total. The fourth-order valence-electron chi connectivity index (χ4n) is 4.06. The number of carbonyl (C=O) groups is 1. The van der Waals surface area contributed by atoms with E-state index < -0.39 is 0 Å². The smallest absolute Gasteiger partial charge is 0.181 e. The summed E-state index contributed by atoms with van der Waals surface area (Å²) in [6, 6.07) is 0. The molecule has 6 heteroatoms. The molecule has 3 aliphatic rings.